The smallest absolute Gasteiger partial charge is 0.0552 e. The first-order valence-electron chi connectivity index (χ1n) is 7.80. The average molecular weight is 333 g/mol. The number of rotatable bonds is 7. The van der Waals surface area contributed by atoms with E-state index >= 15 is 0 Å². The Balaban J connectivity index is 1.70. The average Bonchev–Trinajstić information content (AvgIpc) is 2.57. The van der Waals surface area contributed by atoms with E-state index in [4.69, 9.17) is 11.6 Å². The van der Waals surface area contributed by atoms with E-state index < -0.39 is 0 Å². The molecule has 4 heteroatoms. The molecular formula is C18H21ClN2S. The number of anilines is 2. The Labute approximate surface area is 141 Å². The highest BCUT2D eigenvalue weighted by molar-refractivity contribution is 7.99. The molecular weight excluding hydrogens is 312 g/mol. The van der Waals surface area contributed by atoms with Gasteiger partial charge in [0.1, 0.15) is 0 Å². The summed E-state index contributed by atoms with van der Waals surface area (Å²) in [5.41, 5.74) is 2.65. The summed E-state index contributed by atoms with van der Waals surface area (Å²) in [6, 6.07) is 17.3. The molecule has 0 aromatic heterocycles. The maximum atomic E-state index is 5.70. The number of benzene rings is 2. The zero-order valence-corrected chi connectivity index (χ0v) is 14.2. The van der Waals surface area contributed by atoms with Crippen LogP contribution in [0.4, 0.5) is 11.4 Å². The van der Waals surface area contributed by atoms with E-state index in [1.54, 1.807) is 0 Å². The number of nitrogens with zero attached hydrogens (tertiary/aromatic N) is 1. The topological polar surface area (TPSA) is 15.3 Å². The van der Waals surface area contributed by atoms with Crippen molar-refractivity contribution in [1.29, 1.82) is 0 Å². The molecule has 0 radical (unpaired) electrons. The zero-order chi connectivity index (χ0) is 15.2. The van der Waals surface area contributed by atoms with Crippen molar-refractivity contribution in [3.8, 4) is 0 Å². The number of para-hydroxylation sites is 2. The summed E-state index contributed by atoms with van der Waals surface area (Å²) < 4.78 is 0. The molecule has 0 saturated heterocycles. The second-order valence-electron chi connectivity index (χ2n) is 5.34. The lowest BCUT2D eigenvalue weighted by Crippen LogP contribution is -2.26. The van der Waals surface area contributed by atoms with Crippen molar-refractivity contribution in [3.63, 3.8) is 0 Å². The summed E-state index contributed by atoms with van der Waals surface area (Å²) in [7, 11) is 0. The number of hydrogen-bond acceptors (Lipinski definition) is 3. The third-order valence-electron chi connectivity index (χ3n) is 3.75. The summed E-state index contributed by atoms with van der Waals surface area (Å²) in [5, 5.41) is 3.46. The fraction of sp³-hybridized carbons (Fsp3) is 0.333. The van der Waals surface area contributed by atoms with Gasteiger partial charge in [0.2, 0.25) is 0 Å². The highest BCUT2D eigenvalue weighted by atomic mass is 35.5. The number of halogens is 1. The van der Waals surface area contributed by atoms with Crippen LogP contribution >= 0.6 is 23.4 Å². The molecule has 0 spiro atoms. The van der Waals surface area contributed by atoms with E-state index in [0.717, 1.165) is 38.4 Å². The highest BCUT2D eigenvalue weighted by Gasteiger charge is 2.21. The molecule has 2 nitrogen and oxygen atoms in total. The predicted molar refractivity (Wildman–Crippen MR) is 96.8 cm³/mol. The van der Waals surface area contributed by atoms with Crippen LogP contribution in [-0.2, 0) is 0 Å². The van der Waals surface area contributed by atoms with Gasteiger partial charge in [-0.2, -0.15) is 0 Å². The number of nitrogens with one attached hydrogen (secondary N) is 1. The van der Waals surface area contributed by atoms with Crippen molar-refractivity contribution in [2.45, 2.75) is 22.6 Å². The van der Waals surface area contributed by atoms with Gasteiger partial charge in [-0.15, -0.1) is 11.6 Å². The SMILES string of the molecule is ClCCCNCCCN1c2ccccc2Sc2ccccc21. The molecule has 116 valence electrons. The summed E-state index contributed by atoms with van der Waals surface area (Å²) in [4.78, 5) is 5.14. The second kappa shape index (κ2) is 7.91. The lowest BCUT2D eigenvalue weighted by atomic mass is 10.2. The van der Waals surface area contributed by atoms with Crippen molar-refractivity contribution < 1.29 is 0 Å². The van der Waals surface area contributed by atoms with Gasteiger partial charge in [0.15, 0.2) is 0 Å². The van der Waals surface area contributed by atoms with E-state index in [0.29, 0.717) is 0 Å². The number of alkyl halides is 1. The van der Waals surface area contributed by atoms with E-state index in [2.05, 4.69) is 58.7 Å². The molecule has 0 unspecified atom stereocenters. The van der Waals surface area contributed by atoms with Crippen molar-refractivity contribution in [3.05, 3.63) is 48.5 Å². The number of fused-ring (bicyclic) bond motifs is 2. The van der Waals surface area contributed by atoms with Crippen molar-refractivity contribution in [2.75, 3.05) is 30.4 Å². The molecule has 2 aromatic rings. The molecule has 22 heavy (non-hydrogen) atoms. The first-order chi connectivity index (χ1) is 10.9. The number of hydrogen-bond donors (Lipinski definition) is 1. The summed E-state index contributed by atoms with van der Waals surface area (Å²) in [6.45, 7) is 3.07. The molecule has 1 aliphatic heterocycles. The van der Waals surface area contributed by atoms with Gasteiger partial charge in [-0.25, -0.2) is 0 Å². The first-order valence-corrected chi connectivity index (χ1v) is 9.15. The Morgan fingerprint density at radius 3 is 2.09 bits per heavy atom. The van der Waals surface area contributed by atoms with Crippen LogP contribution in [-0.4, -0.2) is 25.5 Å². The molecule has 1 heterocycles. The highest BCUT2D eigenvalue weighted by Crippen LogP contribution is 2.47. The van der Waals surface area contributed by atoms with Crippen LogP contribution in [0.2, 0.25) is 0 Å². The molecule has 3 rings (SSSR count). The van der Waals surface area contributed by atoms with Crippen molar-refractivity contribution in [1.82, 2.24) is 5.32 Å². The lowest BCUT2D eigenvalue weighted by molar-refractivity contribution is 0.641. The maximum absolute atomic E-state index is 5.70. The fourth-order valence-electron chi connectivity index (χ4n) is 2.70. The summed E-state index contributed by atoms with van der Waals surface area (Å²) >= 11 is 7.56. The van der Waals surface area contributed by atoms with Gasteiger partial charge >= 0.3 is 0 Å². The molecule has 2 aromatic carbocycles. The quantitative estimate of drug-likeness (QED) is 0.573. The summed E-state index contributed by atoms with van der Waals surface area (Å²) in [5.74, 6) is 0.733. The maximum Gasteiger partial charge on any atom is 0.0552 e. The predicted octanol–water partition coefficient (Wildman–Crippen LogP) is 4.90. The van der Waals surface area contributed by atoms with Gasteiger partial charge in [-0.3, -0.25) is 0 Å². The standard InChI is InChI=1S/C18H21ClN2S/c19-11-5-12-20-13-6-14-21-15-7-1-3-9-17(15)22-18-10-4-2-8-16(18)21/h1-4,7-10,20H,5-6,11-14H2. The van der Waals surface area contributed by atoms with Crippen LogP contribution in [0, 0.1) is 0 Å². The van der Waals surface area contributed by atoms with Crippen LogP contribution in [0.3, 0.4) is 0 Å². The Morgan fingerprint density at radius 1 is 0.864 bits per heavy atom. The Bertz CT molecular complexity index is 572. The molecule has 0 amide bonds. The van der Waals surface area contributed by atoms with Crippen molar-refractivity contribution in [2.24, 2.45) is 0 Å². The monoisotopic (exact) mass is 332 g/mol. The van der Waals surface area contributed by atoms with E-state index in [9.17, 15) is 0 Å². The van der Waals surface area contributed by atoms with Crippen LogP contribution in [0.5, 0.6) is 0 Å². The van der Waals surface area contributed by atoms with Gasteiger partial charge in [0.25, 0.3) is 0 Å². The molecule has 0 atom stereocenters. The van der Waals surface area contributed by atoms with E-state index in [1.807, 2.05) is 11.8 Å². The molecule has 0 bridgehead atoms. The minimum Gasteiger partial charge on any atom is -0.340 e. The molecule has 0 saturated carbocycles. The molecule has 0 aliphatic carbocycles. The Morgan fingerprint density at radius 2 is 1.45 bits per heavy atom. The van der Waals surface area contributed by atoms with E-state index in [1.165, 1.54) is 21.2 Å². The normalized spacial score (nSPS) is 12.9. The van der Waals surface area contributed by atoms with Gasteiger partial charge < -0.3 is 10.2 Å². The molecule has 1 aliphatic rings. The Hall–Kier alpha value is -1.16. The van der Waals surface area contributed by atoms with Gasteiger partial charge in [0, 0.05) is 22.2 Å². The fourth-order valence-corrected chi connectivity index (χ4v) is 3.93. The van der Waals surface area contributed by atoms with Crippen molar-refractivity contribution >= 4 is 34.7 Å². The van der Waals surface area contributed by atoms with Crippen LogP contribution < -0.4 is 10.2 Å². The van der Waals surface area contributed by atoms with Crippen LogP contribution in [0.25, 0.3) is 0 Å². The largest absolute Gasteiger partial charge is 0.340 e. The van der Waals surface area contributed by atoms with Gasteiger partial charge in [-0.05, 0) is 50.2 Å². The van der Waals surface area contributed by atoms with Gasteiger partial charge in [-0.1, -0.05) is 36.0 Å². The molecule has 0 fully saturated rings. The lowest BCUT2D eigenvalue weighted by Gasteiger charge is -2.32. The minimum atomic E-state index is 0.733. The summed E-state index contributed by atoms with van der Waals surface area (Å²) in [6.07, 6.45) is 2.16. The first kappa shape index (κ1) is 15.7. The molecule has 1 N–H and O–H groups in total. The third-order valence-corrected chi connectivity index (χ3v) is 5.15. The van der Waals surface area contributed by atoms with Crippen LogP contribution in [0.1, 0.15) is 12.8 Å². The third kappa shape index (κ3) is 3.60. The zero-order valence-electron chi connectivity index (χ0n) is 12.6. The Kier molecular flexibility index (Phi) is 5.65. The van der Waals surface area contributed by atoms with Gasteiger partial charge in [0.05, 0.1) is 11.4 Å². The van der Waals surface area contributed by atoms with E-state index in [-0.39, 0.29) is 0 Å². The van der Waals surface area contributed by atoms with Crippen LogP contribution in [0.15, 0.2) is 58.3 Å². The second-order valence-corrected chi connectivity index (χ2v) is 6.80. The minimum absolute atomic E-state index is 0.733.